The fourth-order valence-electron chi connectivity index (χ4n) is 0.733. The number of methoxy groups -OCH3 is 2. The largest absolute Gasteiger partial charge is 0.356 e. The molecule has 1 rings (SSSR count). The van der Waals surface area contributed by atoms with E-state index in [0.29, 0.717) is 0 Å². The molecule has 80 valence electrons. The van der Waals surface area contributed by atoms with Gasteiger partial charge in [-0.15, -0.1) is 0 Å². The van der Waals surface area contributed by atoms with Gasteiger partial charge in [-0.2, -0.15) is 0 Å². The van der Waals surface area contributed by atoms with Crippen LogP contribution in [0.2, 0.25) is 0 Å². The second-order valence-electron chi connectivity index (χ2n) is 3.19. The molecule has 14 heavy (non-hydrogen) atoms. The number of benzene rings is 1. The van der Waals surface area contributed by atoms with E-state index in [9.17, 15) is 0 Å². The van der Waals surface area contributed by atoms with Gasteiger partial charge in [0, 0.05) is 14.2 Å². The van der Waals surface area contributed by atoms with E-state index >= 15 is 0 Å². The zero-order chi connectivity index (χ0) is 11.0. The molecule has 0 N–H and O–H groups in total. The van der Waals surface area contributed by atoms with Crippen LogP contribution in [0.4, 0.5) is 0 Å². The van der Waals surface area contributed by atoms with E-state index in [1.807, 2.05) is 6.92 Å². The number of hydrogen-bond acceptors (Lipinski definition) is 2. The molecule has 0 heterocycles. The molecule has 0 atom stereocenters. The Morgan fingerprint density at radius 2 is 1.14 bits per heavy atom. The summed E-state index contributed by atoms with van der Waals surface area (Å²) in [6.45, 7) is 6.03. The standard InChI is InChI=1S/C8H10.C4H10O2/c1-7-3-5-8(2)6-4-7;1-4(5-2)6-3/h3-6H,1-2H3;4H,1-3H3. The summed E-state index contributed by atoms with van der Waals surface area (Å²) in [5, 5.41) is 0. The fourth-order valence-corrected chi connectivity index (χ4v) is 0.733. The molecule has 0 saturated heterocycles. The van der Waals surface area contributed by atoms with Crippen LogP contribution in [0.15, 0.2) is 24.3 Å². The van der Waals surface area contributed by atoms with Crippen LogP contribution in [-0.4, -0.2) is 20.5 Å². The maximum atomic E-state index is 4.68. The summed E-state index contributed by atoms with van der Waals surface area (Å²) in [6.07, 6.45) is -0.0648. The van der Waals surface area contributed by atoms with Gasteiger partial charge >= 0.3 is 0 Å². The maximum Gasteiger partial charge on any atom is 0.154 e. The van der Waals surface area contributed by atoms with Crippen molar-refractivity contribution >= 4 is 0 Å². The molecule has 2 heteroatoms. The summed E-state index contributed by atoms with van der Waals surface area (Å²) in [6, 6.07) is 8.48. The first-order valence-corrected chi connectivity index (χ1v) is 4.69. The second-order valence-corrected chi connectivity index (χ2v) is 3.19. The Morgan fingerprint density at radius 3 is 1.29 bits per heavy atom. The summed E-state index contributed by atoms with van der Waals surface area (Å²) in [4.78, 5) is 0. The minimum atomic E-state index is -0.0648. The predicted octanol–water partition coefficient (Wildman–Crippen LogP) is 2.93. The highest BCUT2D eigenvalue weighted by molar-refractivity contribution is 5.19. The van der Waals surface area contributed by atoms with Crippen molar-refractivity contribution in [2.75, 3.05) is 14.2 Å². The van der Waals surface area contributed by atoms with E-state index in [4.69, 9.17) is 0 Å². The molecule has 0 aliphatic heterocycles. The molecule has 1 aromatic rings. The molecule has 0 saturated carbocycles. The SMILES string of the molecule is COC(C)OC.Cc1ccc(C)cc1. The first-order valence-electron chi connectivity index (χ1n) is 4.69. The van der Waals surface area contributed by atoms with E-state index < -0.39 is 0 Å². The zero-order valence-corrected chi connectivity index (χ0v) is 9.70. The van der Waals surface area contributed by atoms with Gasteiger partial charge in [-0.1, -0.05) is 35.4 Å². The van der Waals surface area contributed by atoms with Crippen LogP contribution in [-0.2, 0) is 9.47 Å². The van der Waals surface area contributed by atoms with Gasteiger partial charge in [0.15, 0.2) is 6.29 Å². The summed E-state index contributed by atoms with van der Waals surface area (Å²) in [7, 11) is 3.21. The van der Waals surface area contributed by atoms with Crippen LogP contribution in [0.3, 0.4) is 0 Å². The van der Waals surface area contributed by atoms with Crippen molar-refractivity contribution in [1.29, 1.82) is 0 Å². The summed E-state index contributed by atoms with van der Waals surface area (Å²) >= 11 is 0. The molecule has 0 unspecified atom stereocenters. The lowest BCUT2D eigenvalue weighted by Crippen LogP contribution is -2.05. The molecule has 2 nitrogen and oxygen atoms in total. The molecule has 0 aliphatic rings. The summed E-state index contributed by atoms with van der Waals surface area (Å²) in [5.41, 5.74) is 2.66. The Balaban J connectivity index is 0.000000255. The van der Waals surface area contributed by atoms with Crippen LogP contribution in [0.5, 0.6) is 0 Å². The average molecular weight is 196 g/mol. The minimum absolute atomic E-state index is 0.0648. The van der Waals surface area contributed by atoms with Crippen LogP contribution in [0, 0.1) is 13.8 Å². The molecular formula is C12H20O2. The van der Waals surface area contributed by atoms with Crippen LogP contribution in [0.1, 0.15) is 18.1 Å². The third-order valence-corrected chi connectivity index (χ3v) is 1.88. The van der Waals surface area contributed by atoms with Gasteiger partial charge in [-0.3, -0.25) is 0 Å². The lowest BCUT2D eigenvalue weighted by atomic mass is 10.2. The van der Waals surface area contributed by atoms with Gasteiger partial charge in [0.1, 0.15) is 0 Å². The van der Waals surface area contributed by atoms with Crippen molar-refractivity contribution in [3.05, 3.63) is 35.4 Å². The van der Waals surface area contributed by atoms with Gasteiger partial charge in [-0.25, -0.2) is 0 Å². The Hall–Kier alpha value is -0.860. The highest BCUT2D eigenvalue weighted by atomic mass is 16.7. The molecule has 0 fully saturated rings. The number of rotatable bonds is 2. The second kappa shape index (κ2) is 7.54. The van der Waals surface area contributed by atoms with Gasteiger partial charge in [0.2, 0.25) is 0 Å². The Kier molecular flexibility index (Phi) is 7.07. The summed E-state index contributed by atoms with van der Waals surface area (Å²) < 4.78 is 9.35. The predicted molar refractivity (Wildman–Crippen MR) is 59.4 cm³/mol. The van der Waals surface area contributed by atoms with Gasteiger partial charge in [0.25, 0.3) is 0 Å². The van der Waals surface area contributed by atoms with Gasteiger partial charge in [-0.05, 0) is 20.8 Å². The number of hydrogen-bond donors (Lipinski definition) is 0. The van der Waals surface area contributed by atoms with Crippen molar-refractivity contribution in [3.63, 3.8) is 0 Å². The fraction of sp³-hybridized carbons (Fsp3) is 0.500. The van der Waals surface area contributed by atoms with E-state index in [1.54, 1.807) is 14.2 Å². The van der Waals surface area contributed by atoms with E-state index in [-0.39, 0.29) is 6.29 Å². The third-order valence-electron chi connectivity index (χ3n) is 1.88. The Morgan fingerprint density at radius 1 is 0.857 bits per heavy atom. The first kappa shape index (κ1) is 13.1. The zero-order valence-electron chi connectivity index (χ0n) is 9.70. The molecule has 0 spiro atoms. The van der Waals surface area contributed by atoms with Crippen molar-refractivity contribution in [2.45, 2.75) is 27.1 Å². The lowest BCUT2D eigenvalue weighted by molar-refractivity contribution is -0.0877. The van der Waals surface area contributed by atoms with Crippen molar-refractivity contribution in [2.24, 2.45) is 0 Å². The molecule has 0 amide bonds. The van der Waals surface area contributed by atoms with E-state index in [0.717, 1.165) is 0 Å². The molecule has 1 aromatic carbocycles. The quantitative estimate of drug-likeness (QED) is 0.677. The smallest absolute Gasteiger partial charge is 0.154 e. The topological polar surface area (TPSA) is 18.5 Å². The minimum Gasteiger partial charge on any atom is -0.356 e. The lowest BCUT2D eigenvalue weighted by Gasteiger charge is -2.03. The van der Waals surface area contributed by atoms with Gasteiger partial charge < -0.3 is 9.47 Å². The van der Waals surface area contributed by atoms with Gasteiger partial charge in [0.05, 0.1) is 0 Å². The van der Waals surface area contributed by atoms with E-state index in [2.05, 4.69) is 47.6 Å². The molecule has 0 radical (unpaired) electrons. The first-order chi connectivity index (χ1) is 6.60. The van der Waals surface area contributed by atoms with Crippen molar-refractivity contribution < 1.29 is 9.47 Å². The normalized spacial score (nSPS) is 9.57. The number of ether oxygens (including phenoxy) is 2. The maximum absolute atomic E-state index is 4.68. The monoisotopic (exact) mass is 196 g/mol. The summed E-state index contributed by atoms with van der Waals surface area (Å²) in [5.74, 6) is 0. The highest BCUT2D eigenvalue weighted by Gasteiger charge is 1.87. The Labute approximate surface area is 86.9 Å². The highest BCUT2D eigenvalue weighted by Crippen LogP contribution is 1.99. The molecule has 0 bridgehead atoms. The van der Waals surface area contributed by atoms with Crippen molar-refractivity contribution in [3.8, 4) is 0 Å². The van der Waals surface area contributed by atoms with E-state index in [1.165, 1.54) is 11.1 Å². The van der Waals surface area contributed by atoms with Crippen LogP contribution in [0.25, 0.3) is 0 Å². The molecular weight excluding hydrogens is 176 g/mol. The molecule has 0 aromatic heterocycles. The third kappa shape index (κ3) is 6.63. The van der Waals surface area contributed by atoms with Crippen LogP contribution >= 0.6 is 0 Å². The number of aryl methyl sites for hydroxylation is 2. The molecule has 0 aliphatic carbocycles. The van der Waals surface area contributed by atoms with Crippen molar-refractivity contribution in [1.82, 2.24) is 0 Å². The average Bonchev–Trinajstić information content (AvgIpc) is 2.22. The van der Waals surface area contributed by atoms with Crippen LogP contribution < -0.4 is 0 Å². The Bertz CT molecular complexity index is 204.